The Morgan fingerprint density at radius 1 is 1.24 bits per heavy atom. The molecule has 0 bridgehead atoms. The van der Waals surface area contributed by atoms with E-state index in [1.165, 1.54) is 13.2 Å². The van der Waals surface area contributed by atoms with E-state index in [1.54, 1.807) is 13.2 Å². The Morgan fingerprint density at radius 3 is 2.62 bits per heavy atom. The Morgan fingerprint density at radius 2 is 2.00 bits per heavy atom. The highest BCUT2D eigenvalue weighted by Gasteiger charge is 2.11. The lowest BCUT2D eigenvalue weighted by molar-refractivity contribution is 0.0594. The van der Waals surface area contributed by atoms with Crippen LogP contribution >= 0.6 is 0 Å². The highest BCUT2D eigenvalue weighted by molar-refractivity contribution is 5.88. The first kappa shape index (κ1) is 14.6. The summed E-state index contributed by atoms with van der Waals surface area (Å²) in [5.74, 6) is 0.691. The van der Waals surface area contributed by atoms with Gasteiger partial charge >= 0.3 is 5.97 Å². The first-order valence-corrected chi connectivity index (χ1v) is 6.31. The minimum Gasteiger partial charge on any atom is -0.496 e. The maximum absolute atomic E-state index is 11.5. The summed E-state index contributed by atoms with van der Waals surface area (Å²) in [6.45, 7) is 1.94. The van der Waals surface area contributed by atoms with Gasteiger partial charge in [0.15, 0.2) is 11.5 Å². The van der Waals surface area contributed by atoms with Gasteiger partial charge in [0.2, 0.25) is 0 Å². The van der Waals surface area contributed by atoms with Crippen molar-refractivity contribution in [2.75, 3.05) is 25.3 Å². The third-order valence-electron chi connectivity index (χ3n) is 2.98. The third kappa shape index (κ3) is 3.22. The Hall–Kier alpha value is -2.76. The number of carbonyl (C=O) groups is 1. The fourth-order valence-corrected chi connectivity index (χ4v) is 1.88. The fourth-order valence-electron chi connectivity index (χ4n) is 1.88. The molecule has 21 heavy (non-hydrogen) atoms. The summed E-state index contributed by atoms with van der Waals surface area (Å²) in [5, 5.41) is 3.08. The zero-order valence-electron chi connectivity index (χ0n) is 12.1. The van der Waals surface area contributed by atoms with Crippen LogP contribution in [0.5, 0.6) is 5.75 Å². The molecule has 0 aliphatic rings. The second-order valence-corrected chi connectivity index (χ2v) is 4.44. The normalized spacial score (nSPS) is 10.0. The van der Waals surface area contributed by atoms with E-state index in [4.69, 9.17) is 10.5 Å². The molecule has 0 aliphatic carbocycles. The average Bonchev–Trinajstić information content (AvgIpc) is 2.49. The number of nitrogens with two attached hydrogens (primary N) is 1. The van der Waals surface area contributed by atoms with E-state index in [0.717, 1.165) is 17.0 Å². The monoisotopic (exact) mass is 287 g/mol. The fraction of sp³-hybridized carbons (Fsp3) is 0.200. The van der Waals surface area contributed by atoms with Crippen LogP contribution in [0.15, 0.2) is 30.3 Å². The highest BCUT2D eigenvalue weighted by Crippen LogP contribution is 2.26. The molecule has 0 amide bonds. The number of carbonyl (C=O) groups excluding carboxylic acids is 1. The number of rotatable bonds is 4. The maximum Gasteiger partial charge on any atom is 0.356 e. The summed E-state index contributed by atoms with van der Waals surface area (Å²) in [5.41, 5.74) is 8.28. The van der Waals surface area contributed by atoms with Crippen LogP contribution in [-0.2, 0) is 4.74 Å². The van der Waals surface area contributed by atoms with Gasteiger partial charge < -0.3 is 20.5 Å². The molecule has 0 saturated carbocycles. The Balaban J connectivity index is 2.30. The molecular formula is C15H17N3O3. The summed E-state index contributed by atoms with van der Waals surface area (Å²) in [6.07, 6.45) is 0. The topological polar surface area (TPSA) is 86.5 Å². The van der Waals surface area contributed by atoms with Crippen LogP contribution in [0.2, 0.25) is 0 Å². The van der Waals surface area contributed by atoms with Crippen LogP contribution in [-0.4, -0.2) is 25.2 Å². The summed E-state index contributed by atoms with van der Waals surface area (Å²) >= 11 is 0. The number of nitrogens with zero attached hydrogens (tertiary/aromatic N) is 1. The smallest absolute Gasteiger partial charge is 0.356 e. The molecule has 2 rings (SSSR count). The van der Waals surface area contributed by atoms with Gasteiger partial charge in [0.1, 0.15) is 5.75 Å². The number of hydrogen-bond donors (Lipinski definition) is 2. The van der Waals surface area contributed by atoms with E-state index in [9.17, 15) is 4.79 Å². The number of nitrogens with one attached hydrogen (secondary N) is 1. The minimum atomic E-state index is -0.510. The number of pyridine rings is 1. The van der Waals surface area contributed by atoms with Gasteiger partial charge in [-0.25, -0.2) is 9.78 Å². The second-order valence-electron chi connectivity index (χ2n) is 4.44. The zero-order chi connectivity index (χ0) is 15.4. The quantitative estimate of drug-likeness (QED) is 0.840. The predicted octanol–water partition coefficient (Wildman–Crippen LogP) is 2.51. The first-order chi connectivity index (χ1) is 10.0. The van der Waals surface area contributed by atoms with Crippen LogP contribution in [0.25, 0.3) is 0 Å². The van der Waals surface area contributed by atoms with E-state index in [-0.39, 0.29) is 5.69 Å². The van der Waals surface area contributed by atoms with Crippen LogP contribution in [0.3, 0.4) is 0 Å². The van der Waals surface area contributed by atoms with Gasteiger partial charge in [0.05, 0.1) is 19.9 Å². The lowest BCUT2D eigenvalue weighted by atomic mass is 10.2. The molecule has 0 fully saturated rings. The van der Waals surface area contributed by atoms with Crippen LogP contribution < -0.4 is 15.8 Å². The van der Waals surface area contributed by atoms with Crippen molar-refractivity contribution in [1.29, 1.82) is 0 Å². The molecule has 6 heteroatoms. The van der Waals surface area contributed by atoms with Gasteiger partial charge in [-0.1, -0.05) is 0 Å². The summed E-state index contributed by atoms with van der Waals surface area (Å²) in [4.78, 5) is 15.7. The minimum absolute atomic E-state index is 0.194. The van der Waals surface area contributed by atoms with E-state index < -0.39 is 5.97 Å². The van der Waals surface area contributed by atoms with Crippen LogP contribution in [0.1, 0.15) is 16.1 Å². The van der Waals surface area contributed by atoms with Gasteiger partial charge in [0.25, 0.3) is 0 Å². The molecule has 0 atom stereocenters. The zero-order valence-corrected chi connectivity index (χ0v) is 12.1. The molecule has 1 aromatic heterocycles. The van der Waals surface area contributed by atoms with Crippen molar-refractivity contribution in [3.05, 3.63) is 41.6 Å². The number of methoxy groups -OCH3 is 2. The molecule has 0 spiro atoms. The Bertz CT molecular complexity index is 671. The number of hydrogen-bond acceptors (Lipinski definition) is 6. The number of nitrogen functional groups attached to an aromatic ring is 1. The van der Waals surface area contributed by atoms with Gasteiger partial charge in [-0.05, 0) is 42.8 Å². The van der Waals surface area contributed by atoms with E-state index in [2.05, 4.69) is 15.0 Å². The molecule has 110 valence electrons. The van der Waals surface area contributed by atoms with Crippen molar-refractivity contribution >= 4 is 23.2 Å². The van der Waals surface area contributed by atoms with Crippen LogP contribution in [0.4, 0.5) is 17.2 Å². The van der Waals surface area contributed by atoms with Gasteiger partial charge in [-0.3, -0.25) is 0 Å². The third-order valence-corrected chi connectivity index (χ3v) is 2.98. The highest BCUT2D eigenvalue weighted by atomic mass is 16.5. The van der Waals surface area contributed by atoms with Gasteiger partial charge in [0, 0.05) is 5.69 Å². The molecule has 6 nitrogen and oxygen atoms in total. The molecule has 1 heterocycles. The number of aryl methyl sites for hydroxylation is 1. The SMILES string of the molecule is COC(=O)c1ccc(N)c(Nc2ccc(OC)c(C)c2)n1. The summed E-state index contributed by atoms with van der Waals surface area (Å²) in [6, 6.07) is 8.73. The summed E-state index contributed by atoms with van der Waals surface area (Å²) in [7, 11) is 2.93. The van der Waals surface area contributed by atoms with Crippen molar-refractivity contribution in [3.8, 4) is 5.75 Å². The lowest BCUT2D eigenvalue weighted by Gasteiger charge is -2.11. The molecule has 1 aromatic carbocycles. The van der Waals surface area contributed by atoms with E-state index >= 15 is 0 Å². The lowest BCUT2D eigenvalue weighted by Crippen LogP contribution is -2.08. The van der Waals surface area contributed by atoms with Gasteiger partial charge in [-0.15, -0.1) is 0 Å². The number of esters is 1. The van der Waals surface area contributed by atoms with Gasteiger partial charge in [-0.2, -0.15) is 0 Å². The largest absolute Gasteiger partial charge is 0.496 e. The predicted molar refractivity (Wildman–Crippen MR) is 81.0 cm³/mol. The average molecular weight is 287 g/mol. The van der Waals surface area contributed by atoms with Crippen molar-refractivity contribution in [2.24, 2.45) is 0 Å². The van der Waals surface area contributed by atoms with E-state index in [1.807, 2.05) is 25.1 Å². The molecule has 0 saturated heterocycles. The Kier molecular flexibility index (Phi) is 4.27. The standard InChI is InChI=1S/C15H17N3O3/c1-9-8-10(4-7-13(9)20-2)17-14-11(16)5-6-12(18-14)15(19)21-3/h4-8H,16H2,1-3H3,(H,17,18). The molecular weight excluding hydrogens is 270 g/mol. The number of ether oxygens (including phenoxy) is 2. The second kappa shape index (κ2) is 6.13. The molecule has 2 aromatic rings. The van der Waals surface area contributed by atoms with Crippen molar-refractivity contribution in [3.63, 3.8) is 0 Å². The van der Waals surface area contributed by atoms with Crippen molar-refractivity contribution in [2.45, 2.75) is 6.92 Å². The molecule has 0 radical (unpaired) electrons. The maximum atomic E-state index is 11.5. The first-order valence-electron chi connectivity index (χ1n) is 6.31. The number of anilines is 3. The number of benzene rings is 1. The van der Waals surface area contributed by atoms with Crippen molar-refractivity contribution in [1.82, 2.24) is 4.98 Å². The van der Waals surface area contributed by atoms with Crippen LogP contribution in [0, 0.1) is 6.92 Å². The number of aromatic nitrogens is 1. The molecule has 3 N–H and O–H groups in total. The summed E-state index contributed by atoms with van der Waals surface area (Å²) < 4.78 is 9.85. The van der Waals surface area contributed by atoms with Crippen molar-refractivity contribution < 1.29 is 14.3 Å². The Labute approximate surface area is 122 Å². The molecule has 0 unspecified atom stereocenters. The van der Waals surface area contributed by atoms with E-state index in [0.29, 0.717) is 11.5 Å². The molecule has 0 aliphatic heterocycles.